The minimum Gasteiger partial charge on any atom is -0.478 e. The number of carboxylic acid groups (broad SMARTS) is 1. The van der Waals surface area contributed by atoms with Gasteiger partial charge in [0, 0.05) is 18.7 Å². The van der Waals surface area contributed by atoms with Gasteiger partial charge in [0.15, 0.2) is 6.29 Å². The van der Waals surface area contributed by atoms with E-state index in [2.05, 4.69) is 15.0 Å². The summed E-state index contributed by atoms with van der Waals surface area (Å²) in [5.74, 6) is -15.6. The predicted molar refractivity (Wildman–Crippen MR) is 153 cm³/mol. The van der Waals surface area contributed by atoms with Gasteiger partial charge in [0.2, 0.25) is 34.8 Å². The topological polar surface area (TPSA) is 210 Å². The first-order valence-corrected chi connectivity index (χ1v) is 15.0. The van der Waals surface area contributed by atoms with Crippen molar-refractivity contribution in [2.75, 3.05) is 59.5 Å². The summed E-state index contributed by atoms with van der Waals surface area (Å²) in [5, 5.41) is 46.8. The first-order chi connectivity index (χ1) is 23.9. The van der Waals surface area contributed by atoms with Crippen LogP contribution in [-0.2, 0) is 51.0 Å². The third kappa shape index (κ3) is 12.6. The summed E-state index contributed by atoms with van der Waals surface area (Å²) in [5.41, 5.74) is 0.556. The van der Waals surface area contributed by atoms with Crippen LogP contribution in [-0.4, -0.2) is 138 Å². The lowest BCUT2D eigenvalue weighted by atomic mass is 9.98. The largest absolute Gasteiger partial charge is 0.478 e. The maximum absolute atomic E-state index is 13.6. The number of benzene rings is 1. The Morgan fingerprint density at radius 3 is 1.94 bits per heavy atom. The average Bonchev–Trinajstić information content (AvgIpc) is 3.55. The summed E-state index contributed by atoms with van der Waals surface area (Å²) in [4.78, 5) is 22.4. The van der Waals surface area contributed by atoms with Gasteiger partial charge in [0.05, 0.1) is 78.1 Å². The first kappa shape index (κ1) is 40.8. The van der Waals surface area contributed by atoms with E-state index < -0.39 is 83.9 Å². The van der Waals surface area contributed by atoms with Gasteiger partial charge in [-0.05, 0) is 6.08 Å². The number of carbonyl (C=O) groups is 2. The molecule has 3 rings (SSSR count). The Balaban J connectivity index is 1.15. The highest BCUT2D eigenvalue weighted by Gasteiger charge is 2.43. The lowest BCUT2D eigenvalue weighted by molar-refractivity contribution is -0.287. The molecule has 1 aliphatic rings. The molecule has 0 spiro atoms. The van der Waals surface area contributed by atoms with Crippen molar-refractivity contribution in [3.8, 4) is 5.75 Å². The average molecular weight is 730 g/mol. The van der Waals surface area contributed by atoms with Crippen molar-refractivity contribution in [3.63, 3.8) is 0 Å². The van der Waals surface area contributed by atoms with E-state index in [0.717, 1.165) is 12.2 Å². The highest BCUT2D eigenvalue weighted by molar-refractivity contribution is 5.79. The molecule has 1 aromatic heterocycles. The van der Waals surface area contributed by atoms with Crippen LogP contribution in [0.5, 0.6) is 5.75 Å². The number of carboxylic acids is 1. The number of nitrogens with zero attached hydrogens (tertiary/aromatic N) is 3. The molecule has 21 heteroatoms. The van der Waals surface area contributed by atoms with Crippen LogP contribution in [0.25, 0.3) is 0 Å². The zero-order valence-electron chi connectivity index (χ0n) is 26.3. The fourth-order valence-corrected chi connectivity index (χ4v) is 4.10. The molecule has 50 heavy (non-hydrogen) atoms. The number of carbonyl (C=O) groups excluding carboxylic acids is 1. The second-order valence-electron chi connectivity index (χ2n) is 10.3. The van der Waals surface area contributed by atoms with Gasteiger partial charge in [-0.1, -0.05) is 5.21 Å². The normalized spacial score (nSPS) is 20.8. The van der Waals surface area contributed by atoms with Gasteiger partial charge < -0.3 is 53.6 Å². The Kier molecular flexibility index (Phi) is 17.0. The fourth-order valence-electron chi connectivity index (χ4n) is 4.10. The number of aromatic nitrogens is 3. The van der Waals surface area contributed by atoms with Gasteiger partial charge in [0.1, 0.15) is 24.4 Å². The molecule has 2 aromatic rings. The number of hydrogen-bond acceptors (Lipinski definition) is 14. The Bertz CT molecular complexity index is 1390. The van der Waals surface area contributed by atoms with Gasteiger partial charge in [-0.3, -0.25) is 4.79 Å². The third-order valence-corrected chi connectivity index (χ3v) is 6.68. The number of rotatable bonds is 22. The molecule has 0 saturated carbocycles. The van der Waals surface area contributed by atoms with Gasteiger partial charge >= 0.3 is 11.9 Å². The van der Waals surface area contributed by atoms with Gasteiger partial charge in [-0.25, -0.2) is 22.6 Å². The number of aliphatic carboxylic acids is 1. The second kappa shape index (κ2) is 20.9. The Hall–Kier alpha value is -3.67. The number of esters is 1. The third-order valence-electron chi connectivity index (χ3n) is 6.68. The smallest absolute Gasteiger partial charge is 0.328 e. The molecule has 0 bridgehead atoms. The van der Waals surface area contributed by atoms with Gasteiger partial charge in [-0.15, -0.1) is 5.10 Å². The van der Waals surface area contributed by atoms with Crippen molar-refractivity contribution in [2.24, 2.45) is 0 Å². The van der Waals surface area contributed by atoms with Crippen LogP contribution >= 0.6 is 0 Å². The minimum absolute atomic E-state index is 0.0143. The van der Waals surface area contributed by atoms with E-state index in [1.165, 1.54) is 0 Å². The monoisotopic (exact) mass is 729 g/mol. The summed E-state index contributed by atoms with van der Waals surface area (Å²) < 4.78 is 104. The lowest BCUT2D eigenvalue weighted by Crippen LogP contribution is -2.57. The summed E-state index contributed by atoms with van der Waals surface area (Å²) in [6.07, 6.45) is -4.03. The summed E-state index contributed by atoms with van der Waals surface area (Å²) in [6, 6.07) is 0. The molecule has 1 aromatic carbocycles. The highest BCUT2D eigenvalue weighted by atomic mass is 19.2. The molecule has 0 radical (unpaired) electrons. The first-order valence-electron chi connectivity index (χ1n) is 15.0. The molecule has 0 amide bonds. The molecule has 0 unspecified atom stereocenters. The Labute approximate surface area is 280 Å². The number of hydrogen-bond donors (Lipinski definition) is 4. The predicted octanol–water partition coefficient (Wildman–Crippen LogP) is 0.0432. The van der Waals surface area contributed by atoms with E-state index in [4.69, 9.17) is 33.5 Å². The highest BCUT2D eigenvalue weighted by Crippen LogP contribution is 2.29. The van der Waals surface area contributed by atoms with Crippen LogP contribution in [0.15, 0.2) is 18.3 Å². The molecular formula is C29H36F5N3O13. The van der Waals surface area contributed by atoms with Crippen LogP contribution in [0.2, 0.25) is 0 Å². The number of aliphatic hydroxyl groups excluding tert-OH is 3. The van der Waals surface area contributed by atoms with E-state index >= 15 is 0 Å². The zero-order chi connectivity index (χ0) is 36.6. The van der Waals surface area contributed by atoms with Crippen molar-refractivity contribution < 1.29 is 85.1 Å². The van der Waals surface area contributed by atoms with E-state index in [-0.39, 0.29) is 59.3 Å². The van der Waals surface area contributed by atoms with Crippen LogP contribution in [0.1, 0.15) is 12.1 Å². The summed E-state index contributed by atoms with van der Waals surface area (Å²) in [6.45, 7) is 1.63. The minimum atomic E-state index is -2.37. The van der Waals surface area contributed by atoms with E-state index in [1.807, 2.05) is 0 Å². The van der Waals surface area contributed by atoms with E-state index in [9.17, 15) is 46.9 Å². The van der Waals surface area contributed by atoms with Crippen LogP contribution < -0.4 is 4.74 Å². The van der Waals surface area contributed by atoms with Crippen LogP contribution in [0.3, 0.4) is 0 Å². The lowest BCUT2D eigenvalue weighted by Gasteiger charge is -2.39. The molecule has 0 aliphatic carbocycles. The van der Waals surface area contributed by atoms with Crippen LogP contribution in [0.4, 0.5) is 22.0 Å². The summed E-state index contributed by atoms with van der Waals surface area (Å²) in [7, 11) is 0. The molecule has 5 atom stereocenters. The maximum atomic E-state index is 13.6. The quantitative estimate of drug-likeness (QED) is 0.0240. The molecule has 4 N–H and O–H groups in total. The van der Waals surface area contributed by atoms with Crippen molar-refractivity contribution >= 4 is 11.9 Å². The number of halogens is 5. The van der Waals surface area contributed by atoms with Crippen LogP contribution in [0, 0.1) is 29.1 Å². The molecular weight excluding hydrogens is 693 g/mol. The molecule has 2 heterocycles. The second-order valence-corrected chi connectivity index (χ2v) is 10.3. The SMILES string of the molecule is O=C(O)/C=C/[C@H]1O[C@H](OCCc2cn(CCOCCOCCOCCOCCC(=O)Oc3c(F)c(F)c(F)c(F)c3F)nn2)[C@@H](O)[C@@H](O)[C@@H]1O. The van der Waals surface area contributed by atoms with E-state index in [0.29, 0.717) is 18.8 Å². The molecule has 1 aliphatic heterocycles. The van der Waals surface area contributed by atoms with Gasteiger partial charge in [0.25, 0.3) is 0 Å². The number of ether oxygens (including phenoxy) is 7. The Morgan fingerprint density at radius 1 is 0.780 bits per heavy atom. The zero-order valence-corrected chi connectivity index (χ0v) is 26.3. The molecule has 280 valence electrons. The standard InChI is InChI=1S/C29H36F5N3O13/c30-20-21(31)23(33)28(24(34)22(20)32)50-19(40)4-6-44-9-11-46-13-14-47-12-10-45-8-5-37-15-16(35-36-37)3-7-48-29-27(43)26(42)25(41)17(49-29)1-2-18(38)39/h1-2,15,17,25-27,29,41-43H,3-14H2,(H,38,39)/b2-1+/t17-,25-,26+,27+,29+/m1/s1. The van der Waals surface area contributed by atoms with E-state index in [1.54, 1.807) is 10.9 Å². The fraction of sp³-hybridized carbons (Fsp3) is 0.586. The Morgan fingerprint density at radius 2 is 1.34 bits per heavy atom. The maximum Gasteiger partial charge on any atom is 0.328 e. The van der Waals surface area contributed by atoms with Gasteiger partial charge in [-0.2, -0.15) is 8.78 Å². The van der Waals surface area contributed by atoms with Crippen molar-refractivity contribution in [2.45, 2.75) is 50.1 Å². The summed E-state index contributed by atoms with van der Waals surface area (Å²) >= 11 is 0. The molecule has 1 fully saturated rings. The van der Waals surface area contributed by atoms with Crippen molar-refractivity contribution in [1.82, 2.24) is 15.0 Å². The number of aliphatic hydroxyl groups is 3. The molecule has 1 saturated heterocycles. The van der Waals surface area contributed by atoms with Crippen molar-refractivity contribution in [1.29, 1.82) is 0 Å². The molecule has 16 nitrogen and oxygen atoms in total. The van der Waals surface area contributed by atoms with Crippen molar-refractivity contribution in [3.05, 3.63) is 53.1 Å².